The summed E-state index contributed by atoms with van der Waals surface area (Å²) in [5.74, 6) is 0.600. The van der Waals surface area contributed by atoms with Gasteiger partial charge in [0.2, 0.25) is 0 Å². The fourth-order valence-electron chi connectivity index (χ4n) is 7.49. The minimum atomic E-state index is -0.463. The molecule has 0 aromatic rings. The topological polar surface area (TPSA) is 80.7 Å². The first-order valence-corrected chi connectivity index (χ1v) is 10.7. The maximum Gasteiger partial charge on any atom is 0.303 e. The molecule has 7 atom stereocenters. The zero-order chi connectivity index (χ0) is 20.3. The Kier molecular flexibility index (Phi) is 4.80. The molecule has 0 bridgehead atoms. The van der Waals surface area contributed by atoms with E-state index in [-0.39, 0.29) is 40.8 Å². The van der Waals surface area contributed by atoms with Crippen LogP contribution in [0.2, 0.25) is 0 Å². The number of carbonyl (C=O) groups excluding carboxylic acids is 3. The Morgan fingerprint density at radius 2 is 1.96 bits per heavy atom. The van der Waals surface area contributed by atoms with Gasteiger partial charge in [0.15, 0.2) is 11.6 Å². The number of hydrogen-bond acceptors (Lipinski definition) is 5. The van der Waals surface area contributed by atoms with Gasteiger partial charge in [-0.3, -0.25) is 14.4 Å². The van der Waals surface area contributed by atoms with Crippen molar-refractivity contribution in [3.8, 4) is 0 Å². The third kappa shape index (κ3) is 2.89. The normalized spacial score (nSPS) is 44.8. The molecule has 0 aromatic heterocycles. The number of carbonyl (C=O) groups is 3. The molecule has 0 saturated heterocycles. The lowest BCUT2D eigenvalue weighted by Gasteiger charge is -2.59. The molecule has 3 fully saturated rings. The monoisotopic (exact) mass is 388 g/mol. The highest BCUT2D eigenvalue weighted by atomic mass is 16.5. The van der Waals surface area contributed by atoms with Crippen LogP contribution in [0.1, 0.15) is 65.7 Å². The minimum absolute atomic E-state index is 0.00304. The van der Waals surface area contributed by atoms with E-state index in [1.165, 1.54) is 12.5 Å². The molecule has 5 nitrogen and oxygen atoms in total. The first kappa shape index (κ1) is 19.8. The zero-order valence-electron chi connectivity index (χ0n) is 17.2. The Bertz CT molecular complexity index is 739. The van der Waals surface area contributed by atoms with Crippen LogP contribution >= 0.6 is 0 Å². The van der Waals surface area contributed by atoms with Crippen molar-refractivity contribution >= 4 is 17.5 Å². The number of Topliss-reactive ketones (excluding diaryl/α,β-unsaturated/α-hetero) is 1. The summed E-state index contributed by atoms with van der Waals surface area (Å²) in [4.78, 5) is 35.9. The fourth-order valence-corrected chi connectivity index (χ4v) is 7.49. The summed E-state index contributed by atoms with van der Waals surface area (Å²) in [6.07, 6.45) is 7.12. The molecule has 4 aliphatic rings. The molecular weight excluding hydrogens is 356 g/mol. The average molecular weight is 389 g/mol. The van der Waals surface area contributed by atoms with Crippen molar-refractivity contribution in [1.29, 1.82) is 0 Å². The van der Waals surface area contributed by atoms with Gasteiger partial charge in [-0.1, -0.05) is 19.4 Å². The second-order valence-electron chi connectivity index (χ2n) is 10.0. The number of esters is 1. The van der Waals surface area contributed by atoms with Crippen molar-refractivity contribution in [3.05, 3.63) is 11.6 Å². The van der Waals surface area contributed by atoms with E-state index in [0.717, 1.165) is 32.1 Å². The third-order valence-corrected chi connectivity index (χ3v) is 8.70. The third-order valence-electron chi connectivity index (χ3n) is 8.70. The largest absolute Gasteiger partial charge is 0.458 e. The summed E-state index contributed by atoms with van der Waals surface area (Å²) in [7, 11) is 0. The first-order valence-electron chi connectivity index (χ1n) is 10.7. The van der Waals surface area contributed by atoms with E-state index in [9.17, 15) is 19.5 Å². The molecule has 154 valence electrons. The van der Waals surface area contributed by atoms with E-state index >= 15 is 0 Å². The van der Waals surface area contributed by atoms with Gasteiger partial charge in [0.1, 0.15) is 6.61 Å². The summed E-state index contributed by atoms with van der Waals surface area (Å²) in [5, 5.41) is 11.3. The molecule has 0 aliphatic heterocycles. The van der Waals surface area contributed by atoms with Crippen LogP contribution in [0.15, 0.2) is 11.6 Å². The molecule has 4 aliphatic carbocycles. The fraction of sp³-hybridized carbons (Fsp3) is 0.783. The molecule has 0 spiro atoms. The number of hydrogen-bond donors (Lipinski definition) is 1. The molecule has 0 aromatic carbocycles. The highest BCUT2D eigenvalue weighted by Crippen LogP contribution is 2.66. The first-order chi connectivity index (χ1) is 13.2. The Balaban J connectivity index is 1.61. The number of ketones is 2. The van der Waals surface area contributed by atoms with E-state index in [1.807, 2.05) is 6.08 Å². The Labute approximate surface area is 166 Å². The van der Waals surface area contributed by atoms with E-state index in [1.54, 1.807) is 0 Å². The highest BCUT2D eigenvalue weighted by molar-refractivity contribution is 5.91. The SMILES string of the molecule is CC(=O)OCC(=O)[C@@H]1CC[C@@H]2[C@@H]3CCC4=CC(=O)CC[C@]4(C)[C@@H]3[C@H](O)C[C@@]21C. The van der Waals surface area contributed by atoms with Crippen LogP contribution in [-0.2, 0) is 19.1 Å². The summed E-state index contributed by atoms with van der Waals surface area (Å²) >= 11 is 0. The van der Waals surface area contributed by atoms with Crippen molar-refractivity contribution in [2.75, 3.05) is 6.61 Å². The molecule has 1 N–H and O–H groups in total. The van der Waals surface area contributed by atoms with Gasteiger partial charge in [-0.25, -0.2) is 0 Å². The van der Waals surface area contributed by atoms with Crippen molar-refractivity contribution < 1.29 is 24.2 Å². The standard InChI is InChI=1S/C23H32O5/c1-13(24)28-12-20(27)18-7-6-17-16-5-4-14-10-15(25)8-9-22(14,2)21(16)19(26)11-23(17,18)3/h10,16-19,21,26H,4-9,11-12H2,1-3H3/t16-,17+,18-,19+,21-,22-,23-/m0/s1. The number of rotatable bonds is 3. The van der Waals surface area contributed by atoms with E-state index in [4.69, 9.17) is 4.74 Å². The van der Waals surface area contributed by atoms with Gasteiger partial charge < -0.3 is 9.84 Å². The summed E-state index contributed by atoms with van der Waals surface area (Å²) < 4.78 is 4.98. The number of aliphatic hydroxyl groups excluding tert-OH is 1. The molecular formula is C23H32O5. The maximum atomic E-state index is 12.8. The van der Waals surface area contributed by atoms with Crippen LogP contribution in [-0.4, -0.2) is 35.4 Å². The van der Waals surface area contributed by atoms with Gasteiger partial charge in [-0.2, -0.15) is 0 Å². The maximum absolute atomic E-state index is 12.8. The molecule has 0 unspecified atom stereocenters. The van der Waals surface area contributed by atoms with Crippen LogP contribution in [0, 0.1) is 34.5 Å². The lowest BCUT2D eigenvalue weighted by atomic mass is 9.46. The van der Waals surface area contributed by atoms with Gasteiger partial charge >= 0.3 is 5.97 Å². The molecule has 3 saturated carbocycles. The van der Waals surface area contributed by atoms with Crippen molar-refractivity contribution in [2.24, 2.45) is 34.5 Å². The zero-order valence-corrected chi connectivity index (χ0v) is 17.2. The number of ether oxygens (including phenoxy) is 1. The molecule has 28 heavy (non-hydrogen) atoms. The summed E-state index contributed by atoms with van der Waals surface area (Å²) in [6.45, 7) is 5.58. The van der Waals surface area contributed by atoms with E-state index in [2.05, 4.69) is 13.8 Å². The second-order valence-corrected chi connectivity index (χ2v) is 10.0. The molecule has 5 heteroatoms. The highest BCUT2D eigenvalue weighted by Gasteiger charge is 2.62. The predicted octanol–water partition coefficient (Wildman–Crippen LogP) is 3.24. The molecule has 0 radical (unpaired) electrons. The minimum Gasteiger partial charge on any atom is -0.458 e. The lowest BCUT2D eigenvalue weighted by molar-refractivity contribution is -0.154. The van der Waals surface area contributed by atoms with E-state index < -0.39 is 12.1 Å². The van der Waals surface area contributed by atoms with Gasteiger partial charge in [-0.15, -0.1) is 0 Å². The van der Waals surface area contributed by atoms with Crippen LogP contribution in [0.25, 0.3) is 0 Å². The average Bonchev–Trinajstić information content (AvgIpc) is 2.96. The second kappa shape index (κ2) is 6.79. The van der Waals surface area contributed by atoms with Crippen molar-refractivity contribution in [2.45, 2.75) is 71.8 Å². The molecule has 0 heterocycles. The van der Waals surface area contributed by atoms with Crippen LogP contribution in [0.3, 0.4) is 0 Å². The van der Waals surface area contributed by atoms with Crippen LogP contribution in [0.5, 0.6) is 0 Å². The quantitative estimate of drug-likeness (QED) is 0.751. The predicted molar refractivity (Wildman–Crippen MR) is 103 cm³/mol. The Hall–Kier alpha value is -1.49. The van der Waals surface area contributed by atoms with Gasteiger partial charge in [0.25, 0.3) is 0 Å². The van der Waals surface area contributed by atoms with Crippen LogP contribution < -0.4 is 0 Å². The van der Waals surface area contributed by atoms with E-state index in [0.29, 0.717) is 24.7 Å². The van der Waals surface area contributed by atoms with Gasteiger partial charge in [0, 0.05) is 19.3 Å². The van der Waals surface area contributed by atoms with Crippen molar-refractivity contribution in [3.63, 3.8) is 0 Å². The lowest BCUT2D eigenvalue weighted by Crippen LogP contribution is -2.57. The number of allylic oxidation sites excluding steroid dienone is 1. The Morgan fingerprint density at radius 3 is 2.68 bits per heavy atom. The number of aliphatic hydroxyl groups is 1. The van der Waals surface area contributed by atoms with Gasteiger partial charge in [0.05, 0.1) is 6.10 Å². The molecule has 0 amide bonds. The van der Waals surface area contributed by atoms with Crippen LogP contribution in [0.4, 0.5) is 0 Å². The van der Waals surface area contributed by atoms with Gasteiger partial charge in [-0.05, 0) is 73.2 Å². The number of fused-ring (bicyclic) bond motifs is 5. The summed E-state index contributed by atoms with van der Waals surface area (Å²) in [5.41, 5.74) is 0.894. The smallest absolute Gasteiger partial charge is 0.303 e. The Morgan fingerprint density at radius 1 is 1.21 bits per heavy atom. The summed E-state index contributed by atoms with van der Waals surface area (Å²) in [6, 6.07) is 0. The molecule has 4 rings (SSSR count). The van der Waals surface area contributed by atoms with Crippen molar-refractivity contribution in [1.82, 2.24) is 0 Å².